The Morgan fingerprint density at radius 3 is 2.53 bits per heavy atom. The van der Waals surface area contributed by atoms with Gasteiger partial charge in [0.1, 0.15) is 6.10 Å². The molecule has 5 atom stereocenters. The number of hydrogen-bond donors (Lipinski definition) is 0. The van der Waals surface area contributed by atoms with Gasteiger partial charge in [-0.3, -0.25) is 4.79 Å². The highest BCUT2D eigenvalue weighted by Crippen LogP contribution is 2.50. The highest BCUT2D eigenvalue weighted by atomic mass is 35.5. The van der Waals surface area contributed by atoms with Crippen LogP contribution in [0.15, 0.2) is 24.3 Å². The van der Waals surface area contributed by atoms with Crippen LogP contribution in [0.1, 0.15) is 38.4 Å². The zero-order valence-electron chi connectivity index (χ0n) is 11.3. The Bertz CT molecular complexity index is 482. The Kier molecular flexibility index (Phi) is 3.30. The Morgan fingerprint density at radius 2 is 1.84 bits per heavy atom. The van der Waals surface area contributed by atoms with Crippen LogP contribution in [0, 0.1) is 23.7 Å². The van der Waals surface area contributed by atoms with E-state index in [-0.39, 0.29) is 18.0 Å². The second-order valence-electron chi connectivity index (χ2n) is 6.01. The van der Waals surface area contributed by atoms with E-state index >= 15 is 0 Å². The SMILES string of the molecule is CC1CCC2C(C)C(c3ccc(Cl)cc3)OC(=O)C12. The molecule has 2 fully saturated rings. The number of halogens is 1. The molecule has 5 unspecified atom stereocenters. The minimum atomic E-state index is -0.115. The van der Waals surface area contributed by atoms with E-state index in [1.165, 1.54) is 0 Å². The number of hydrogen-bond acceptors (Lipinski definition) is 2. The molecule has 2 aliphatic rings. The van der Waals surface area contributed by atoms with E-state index in [4.69, 9.17) is 16.3 Å². The molecule has 0 N–H and O–H groups in total. The maximum atomic E-state index is 12.2. The van der Waals surface area contributed by atoms with Gasteiger partial charge in [-0.1, -0.05) is 37.6 Å². The number of benzene rings is 1. The molecular weight excluding hydrogens is 260 g/mol. The van der Waals surface area contributed by atoms with Crippen molar-refractivity contribution in [3.63, 3.8) is 0 Å². The van der Waals surface area contributed by atoms with Gasteiger partial charge in [-0.2, -0.15) is 0 Å². The second kappa shape index (κ2) is 4.82. The summed E-state index contributed by atoms with van der Waals surface area (Å²) in [5.41, 5.74) is 1.06. The summed E-state index contributed by atoms with van der Waals surface area (Å²) in [6, 6.07) is 7.66. The molecule has 0 spiro atoms. The molecule has 1 aromatic carbocycles. The Morgan fingerprint density at radius 1 is 1.16 bits per heavy atom. The van der Waals surface area contributed by atoms with Crippen molar-refractivity contribution in [2.24, 2.45) is 23.7 Å². The minimum Gasteiger partial charge on any atom is -0.457 e. The van der Waals surface area contributed by atoms with Crippen molar-refractivity contribution < 1.29 is 9.53 Å². The van der Waals surface area contributed by atoms with Gasteiger partial charge in [0, 0.05) is 10.9 Å². The highest BCUT2D eigenvalue weighted by Gasteiger charge is 2.49. The Balaban J connectivity index is 1.88. The molecule has 2 nitrogen and oxygen atoms in total. The van der Waals surface area contributed by atoms with Crippen molar-refractivity contribution >= 4 is 17.6 Å². The third kappa shape index (κ3) is 2.16. The summed E-state index contributed by atoms with van der Waals surface area (Å²) in [5, 5.41) is 0.714. The van der Waals surface area contributed by atoms with Crippen LogP contribution in [0.25, 0.3) is 0 Å². The summed E-state index contributed by atoms with van der Waals surface area (Å²) >= 11 is 5.92. The zero-order valence-corrected chi connectivity index (χ0v) is 12.1. The number of carbonyl (C=O) groups is 1. The lowest BCUT2D eigenvalue weighted by molar-refractivity contribution is -0.172. The average Bonchev–Trinajstić information content (AvgIpc) is 2.78. The van der Waals surface area contributed by atoms with E-state index < -0.39 is 0 Å². The molecule has 3 rings (SSSR count). The number of carbonyl (C=O) groups excluding carboxylic acids is 1. The van der Waals surface area contributed by atoms with E-state index in [1.54, 1.807) is 0 Å². The molecule has 3 heteroatoms. The number of esters is 1. The van der Waals surface area contributed by atoms with Gasteiger partial charge in [-0.05, 0) is 42.4 Å². The topological polar surface area (TPSA) is 26.3 Å². The summed E-state index contributed by atoms with van der Waals surface area (Å²) < 4.78 is 5.73. The van der Waals surface area contributed by atoms with E-state index in [1.807, 2.05) is 24.3 Å². The zero-order chi connectivity index (χ0) is 13.6. The quantitative estimate of drug-likeness (QED) is 0.719. The number of fused-ring (bicyclic) bond motifs is 1. The van der Waals surface area contributed by atoms with Crippen LogP contribution >= 0.6 is 11.6 Å². The summed E-state index contributed by atoms with van der Waals surface area (Å²) in [4.78, 5) is 12.2. The second-order valence-corrected chi connectivity index (χ2v) is 6.45. The van der Waals surface area contributed by atoms with Gasteiger partial charge >= 0.3 is 5.97 Å². The van der Waals surface area contributed by atoms with Crippen molar-refractivity contribution in [2.45, 2.75) is 32.8 Å². The lowest BCUT2D eigenvalue weighted by Gasteiger charge is -2.38. The van der Waals surface area contributed by atoms with Gasteiger partial charge in [-0.25, -0.2) is 0 Å². The van der Waals surface area contributed by atoms with E-state index in [0.29, 0.717) is 22.8 Å². The van der Waals surface area contributed by atoms with Crippen molar-refractivity contribution in [2.75, 3.05) is 0 Å². The maximum Gasteiger partial charge on any atom is 0.310 e. The standard InChI is InChI=1S/C16H19ClO2/c1-9-3-8-13-10(2)15(19-16(18)14(9)13)11-4-6-12(17)7-5-11/h4-7,9-10,13-15H,3,8H2,1-2H3. The van der Waals surface area contributed by atoms with Crippen LogP contribution in [0.4, 0.5) is 0 Å². The fraction of sp³-hybridized carbons (Fsp3) is 0.562. The summed E-state index contributed by atoms with van der Waals surface area (Å²) in [7, 11) is 0. The summed E-state index contributed by atoms with van der Waals surface area (Å²) in [5.74, 6) is 1.42. The Hall–Kier alpha value is -1.02. The first-order chi connectivity index (χ1) is 9.08. The number of ether oxygens (including phenoxy) is 1. The molecule has 1 aliphatic heterocycles. The van der Waals surface area contributed by atoms with Crippen LogP contribution < -0.4 is 0 Å². The first kappa shape index (κ1) is 13.0. The minimum absolute atomic E-state index is 0.00644. The maximum absolute atomic E-state index is 12.2. The lowest BCUT2D eigenvalue weighted by atomic mass is 9.76. The summed E-state index contributed by atoms with van der Waals surface area (Å²) in [6.07, 6.45) is 2.17. The van der Waals surface area contributed by atoms with E-state index in [9.17, 15) is 4.79 Å². The smallest absolute Gasteiger partial charge is 0.310 e. The predicted molar refractivity (Wildman–Crippen MR) is 74.8 cm³/mol. The monoisotopic (exact) mass is 278 g/mol. The normalized spacial score (nSPS) is 37.8. The predicted octanol–water partition coefficient (Wildman–Crippen LogP) is 4.24. The van der Waals surface area contributed by atoms with Crippen molar-refractivity contribution in [1.29, 1.82) is 0 Å². The molecular formula is C16H19ClO2. The van der Waals surface area contributed by atoms with Crippen LogP contribution in [0.2, 0.25) is 5.02 Å². The largest absolute Gasteiger partial charge is 0.457 e. The van der Waals surface area contributed by atoms with Gasteiger partial charge in [0.2, 0.25) is 0 Å². The van der Waals surface area contributed by atoms with Gasteiger partial charge in [0.15, 0.2) is 0 Å². The van der Waals surface area contributed by atoms with Gasteiger partial charge < -0.3 is 4.74 Å². The highest BCUT2D eigenvalue weighted by molar-refractivity contribution is 6.30. The Labute approximate surface area is 119 Å². The molecule has 0 aromatic heterocycles. The van der Waals surface area contributed by atoms with Gasteiger partial charge in [0.25, 0.3) is 0 Å². The summed E-state index contributed by atoms with van der Waals surface area (Å²) in [6.45, 7) is 4.38. The molecule has 1 saturated carbocycles. The molecule has 0 amide bonds. The van der Waals surface area contributed by atoms with Crippen LogP contribution in [-0.4, -0.2) is 5.97 Å². The van der Waals surface area contributed by atoms with E-state index in [2.05, 4.69) is 13.8 Å². The van der Waals surface area contributed by atoms with E-state index in [0.717, 1.165) is 18.4 Å². The van der Waals surface area contributed by atoms with Crippen LogP contribution in [-0.2, 0) is 9.53 Å². The molecule has 0 radical (unpaired) electrons. The molecule has 1 aromatic rings. The molecule has 1 heterocycles. The van der Waals surface area contributed by atoms with Gasteiger partial charge in [0.05, 0.1) is 5.92 Å². The molecule has 0 bridgehead atoms. The first-order valence-corrected chi connectivity index (χ1v) is 7.41. The first-order valence-electron chi connectivity index (χ1n) is 7.04. The fourth-order valence-corrected chi connectivity index (χ4v) is 3.92. The lowest BCUT2D eigenvalue weighted by Crippen LogP contribution is -2.39. The van der Waals surface area contributed by atoms with Gasteiger partial charge in [-0.15, -0.1) is 0 Å². The van der Waals surface area contributed by atoms with Crippen LogP contribution in [0.3, 0.4) is 0 Å². The molecule has 19 heavy (non-hydrogen) atoms. The third-order valence-electron chi connectivity index (χ3n) is 4.90. The number of cyclic esters (lactones) is 1. The molecule has 1 aliphatic carbocycles. The van der Waals surface area contributed by atoms with Crippen molar-refractivity contribution in [3.8, 4) is 0 Å². The molecule has 1 saturated heterocycles. The molecule has 102 valence electrons. The van der Waals surface area contributed by atoms with Crippen molar-refractivity contribution in [3.05, 3.63) is 34.9 Å². The average molecular weight is 279 g/mol. The number of rotatable bonds is 1. The van der Waals surface area contributed by atoms with Crippen molar-refractivity contribution in [1.82, 2.24) is 0 Å². The third-order valence-corrected chi connectivity index (χ3v) is 5.15. The fourth-order valence-electron chi connectivity index (χ4n) is 3.79. The van der Waals surface area contributed by atoms with Crippen LogP contribution in [0.5, 0.6) is 0 Å².